The number of hydrogen-bond donors (Lipinski definition) is 1. The predicted molar refractivity (Wildman–Crippen MR) is 77.1 cm³/mol. The number of anilines is 1. The lowest BCUT2D eigenvalue weighted by Crippen LogP contribution is -2.22. The van der Waals surface area contributed by atoms with Crippen LogP contribution >= 0.6 is 0 Å². The molecule has 2 rings (SSSR count). The van der Waals surface area contributed by atoms with Crippen molar-refractivity contribution in [1.82, 2.24) is 0 Å². The smallest absolute Gasteiger partial charge is 0.444 e. The Hall–Kier alpha value is -2.83. The summed E-state index contributed by atoms with van der Waals surface area (Å²) in [5.41, 5.74) is 0.524. The van der Waals surface area contributed by atoms with Crippen LogP contribution in [0.25, 0.3) is 0 Å². The second kappa shape index (κ2) is 6.95. The van der Waals surface area contributed by atoms with E-state index in [9.17, 15) is 22.8 Å². The quantitative estimate of drug-likeness (QED) is 0.859. The van der Waals surface area contributed by atoms with E-state index in [0.29, 0.717) is 0 Å². The van der Waals surface area contributed by atoms with Gasteiger partial charge in [-0.3, -0.25) is 10.1 Å². The maximum atomic E-state index is 12.3. The molecule has 7 heteroatoms. The van der Waals surface area contributed by atoms with E-state index in [4.69, 9.17) is 4.74 Å². The van der Waals surface area contributed by atoms with Crippen molar-refractivity contribution in [3.8, 4) is 0 Å². The molecule has 0 spiro atoms. The van der Waals surface area contributed by atoms with Crippen LogP contribution in [0.1, 0.15) is 15.9 Å². The minimum atomic E-state index is -4.93. The van der Waals surface area contributed by atoms with Crippen LogP contribution in [0.15, 0.2) is 54.6 Å². The van der Waals surface area contributed by atoms with Crippen molar-refractivity contribution in [2.45, 2.75) is 12.8 Å². The van der Waals surface area contributed by atoms with Crippen molar-refractivity contribution in [3.63, 3.8) is 0 Å². The van der Waals surface area contributed by atoms with E-state index in [2.05, 4.69) is 5.32 Å². The van der Waals surface area contributed by atoms with Gasteiger partial charge in [-0.1, -0.05) is 30.3 Å². The first-order valence-corrected chi connectivity index (χ1v) is 6.55. The summed E-state index contributed by atoms with van der Waals surface area (Å²) in [7, 11) is 0. The molecule has 120 valence electrons. The van der Waals surface area contributed by atoms with Gasteiger partial charge in [0, 0.05) is 11.3 Å². The average molecular weight is 323 g/mol. The molecule has 0 bridgehead atoms. The van der Waals surface area contributed by atoms with Crippen molar-refractivity contribution in [3.05, 3.63) is 65.7 Å². The number of ether oxygens (including phenoxy) is 1. The summed E-state index contributed by atoms with van der Waals surface area (Å²) in [6.45, 7) is 0.0668. The highest BCUT2D eigenvalue weighted by molar-refractivity contribution is 6.00. The zero-order valence-corrected chi connectivity index (χ0v) is 11.8. The summed E-state index contributed by atoms with van der Waals surface area (Å²) in [6.07, 6.45) is -5.67. The third-order valence-electron chi connectivity index (χ3n) is 2.86. The average Bonchev–Trinajstić information content (AvgIpc) is 2.53. The topological polar surface area (TPSA) is 55.4 Å². The summed E-state index contributed by atoms with van der Waals surface area (Å²) in [5.74, 6) is -1.93. The van der Waals surface area contributed by atoms with Gasteiger partial charge < -0.3 is 4.74 Å². The molecule has 0 aliphatic heterocycles. The van der Waals surface area contributed by atoms with Gasteiger partial charge in [-0.05, 0) is 29.8 Å². The third-order valence-corrected chi connectivity index (χ3v) is 2.86. The van der Waals surface area contributed by atoms with E-state index in [1.807, 2.05) is 6.07 Å². The number of benzene rings is 2. The van der Waals surface area contributed by atoms with E-state index in [0.717, 1.165) is 17.7 Å². The largest absolute Gasteiger partial charge is 0.454 e. The number of carbonyl (C=O) groups is 2. The standard InChI is InChI=1S/C16H12F3NO3/c17-16(18,19)14(21)12-6-8-13(9-7-12)20-15(22)23-10-11-4-2-1-3-5-11/h1-9H,10H2,(H,20,22). The van der Waals surface area contributed by atoms with Crippen LogP contribution in [-0.2, 0) is 11.3 Å². The molecule has 0 heterocycles. The lowest BCUT2D eigenvalue weighted by molar-refractivity contribution is -0.0885. The highest BCUT2D eigenvalue weighted by Gasteiger charge is 2.39. The molecule has 0 aromatic heterocycles. The second-order valence-corrected chi connectivity index (χ2v) is 4.59. The number of ketones is 1. The zero-order valence-electron chi connectivity index (χ0n) is 11.8. The Morgan fingerprint density at radius 1 is 0.957 bits per heavy atom. The van der Waals surface area contributed by atoms with E-state index in [1.165, 1.54) is 12.1 Å². The van der Waals surface area contributed by atoms with Gasteiger partial charge >= 0.3 is 12.3 Å². The van der Waals surface area contributed by atoms with Crippen LogP contribution < -0.4 is 5.32 Å². The van der Waals surface area contributed by atoms with Gasteiger partial charge in [0.05, 0.1) is 0 Å². The van der Waals surface area contributed by atoms with Crippen molar-refractivity contribution < 1.29 is 27.5 Å². The van der Waals surface area contributed by atoms with Gasteiger partial charge in [-0.15, -0.1) is 0 Å². The first-order chi connectivity index (χ1) is 10.9. The lowest BCUT2D eigenvalue weighted by Gasteiger charge is -2.08. The second-order valence-electron chi connectivity index (χ2n) is 4.59. The van der Waals surface area contributed by atoms with Gasteiger partial charge in [-0.25, -0.2) is 4.79 Å². The SMILES string of the molecule is O=C(Nc1ccc(C(=O)C(F)(F)F)cc1)OCc1ccccc1. The molecule has 0 radical (unpaired) electrons. The van der Waals surface area contributed by atoms with Gasteiger partial charge in [0.25, 0.3) is 5.78 Å². The maximum Gasteiger partial charge on any atom is 0.454 e. The Morgan fingerprint density at radius 2 is 1.57 bits per heavy atom. The minimum Gasteiger partial charge on any atom is -0.444 e. The number of Topliss-reactive ketones (excluding diaryl/α,β-unsaturated/α-hetero) is 1. The fourth-order valence-electron chi connectivity index (χ4n) is 1.75. The Kier molecular flexibility index (Phi) is 5.00. The minimum absolute atomic E-state index is 0.0668. The molecule has 1 amide bonds. The van der Waals surface area contributed by atoms with Crippen LogP contribution in [0.4, 0.5) is 23.7 Å². The normalized spacial score (nSPS) is 10.9. The van der Waals surface area contributed by atoms with Crippen LogP contribution in [0.5, 0.6) is 0 Å². The summed E-state index contributed by atoms with van der Waals surface area (Å²) in [5, 5.41) is 2.36. The third kappa shape index (κ3) is 4.84. The monoisotopic (exact) mass is 323 g/mol. The van der Waals surface area contributed by atoms with Crippen molar-refractivity contribution in [1.29, 1.82) is 0 Å². The number of halogens is 3. The molecule has 2 aromatic carbocycles. The summed E-state index contributed by atoms with van der Waals surface area (Å²) in [6, 6.07) is 13.4. The lowest BCUT2D eigenvalue weighted by atomic mass is 10.1. The molecule has 0 aliphatic rings. The van der Waals surface area contributed by atoms with Gasteiger partial charge in [-0.2, -0.15) is 13.2 Å². The Morgan fingerprint density at radius 3 is 2.13 bits per heavy atom. The summed E-state index contributed by atoms with van der Waals surface area (Å²) in [4.78, 5) is 22.6. The molecular weight excluding hydrogens is 311 g/mol. The molecule has 2 aromatic rings. The number of hydrogen-bond acceptors (Lipinski definition) is 3. The van der Waals surface area contributed by atoms with Crippen molar-refractivity contribution >= 4 is 17.6 Å². The Bertz CT molecular complexity index is 682. The molecule has 0 aliphatic carbocycles. The number of amides is 1. The highest BCUT2D eigenvalue weighted by atomic mass is 19.4. The number of carbonyl (C=O) groups excluding carboxylic acids is 2. The molecule has 1 N–H and O–H groups in total. The Labute approximate surface area is 129 Å². The fourth-order valence-corrected chi connectivity index (χ4v) is 1.75. The molecule has 0 fully saturated rings. The van der Waals surface area contributed by atoms with E-state index >= 15 is 0 Å². The van der Waals surface area contributed by atoms with Gasteiger partial charge in [0.15, 0.2) is 0 Å². The number of alkyl halides is 3. The van der Waals surface area contributed by atoms with E-state index in [1.54, 1.807) is 24.3 Å². The fraction of sp³-hybridized carbons (Fsp3) is 0.125. The van der Waals surface area contributed by atoms with Crippen molar-refractivity contribution in [2.24, 2.45) is 0 Å². The Balaban J connectivity index is 1.90. The van der Waals surface area contributed by atoms with Crippen molar-refractivity contribution in [2.75, 3.05) is 5.32 Å². The van der Waals surface area contributed by atoms with Crippen LogP contribution in [0, 0.1) is 0 Å². The number of nitrogens with one attached hydrogen (secondary N) is 1. The van der Waals surface area contributed by atoms with Crippen LogP contribution in [0.2, 0.25) is 0 Å². The van der Waals surface area contributed by atoms with E-state index < -0.39 is 23.6 Å². The molecule has 0 atom stereocenters. The first-order valence-electron chi connectivity index (χ1n) is 6.55. The number of rotatable bonds is 4. The molecule has 0 saturated carbocycles. The van der Waals surface area contributed by atoms with Gasteiger partial charge in [0.1, 0.15) is 6.61 Å². The first kappa shape index (κ1) is 16.5. The zero-order chi connectivity index (χ0) is 16.9. The van der Waals surface area contributed by atoms with Crippen LogP contribution in [0.3, 0.4) is 0 Å². The maximum absolute atomic E-state index is 12.3. The molecule has 4 nitrogen and oxygen atoms in total. The molecule has 0 saturated heterocycles. The van der Waals surface area contributed by atoms with Crippen LogP contribution in [-0.4, -0.2) is 18.1 Å². The molecular formula is C16H12F3NO3. The summed E-state index contributed by atoms with van der Waals surface area (Å²) >= 11 is 0. The molecule has 23 heavy (non-hydrogen) atoms. The van der Waals surface area contributed by atoms with E-state index in [-0.39, 0.29) is 12.3 Å². The molecule has 0 unspecified atom stereocenters. The predicted octanol–water partition coefficient (Wildman–Crippen LogP) is 4.18. The summed E-state index contributed by atoms with van der Waals surface area (Å²) < 4.78 is 41.8. The highest BCUT2D eigenvalue weighted by Crippen LogP contribution is 2.22. The van der Waals surface area contributed by atoms with Gasteiger partial charge in [0.2, 0.25) is 0 Å².